The van der Waals surface area contributed by atoms with Crippen LogP contribution in [0, 0.1) is 29.6 Å². The lowest BCUT2D eigenvalue weighted by atomic mass is 9.72. The van der Waals surface area contributed by atoms with E-state index >= 15 is 0 Å². The zero-order chi connectivity index (χ0) is 9.28. The molecule has 4 rings (SSSR count). The van der Waals surface area contributed by atoms with Crippen molar-refractivity contribution >= 4 is 0 Å². The minimum absolute atomic E-state index is 0.0486. The summed E-state index contributed by atoms with van der Waals surface area (Å²) in [7, 11) is 0. The molecule has 0 aromatic rings. The molecule has 0 aromatic carbocycles. The first-order chi connectivity index (χ1) is 6.88. The van der Waals surface area contributed by atoms with Gasteiger partial charge in [0.15, 0.2) is 0 Å². The molecule has 1 heteroatoms. The SMILES string of the molecule is FCC1CC2CC1C1C2=C2CCC1C2. The van der Waals surface area contributed by atoms with Gasteiger partial charge in [-0.3, -0.25) is 4.39 Å². The number of rotatable bonds is 1. The molecule has 0 heterocycles. The molecule has 4 bridgehead atoms. The van der Waals surface area contributed by atoms with E-state index in [0.29, 0.717) is 5.92 Å². The van der Waals surface area contributed by atoms with Gasteiger partial charge >= 0.3 is 0 Å². The van der Waals surface area contributed by atoms with Crippen molar-refractivity contribution in [2.75, 3.05) is 6.67 Å². The molecule has 0 aliphatic heterocycles. The van der Waals surface area contributed by atoms with Gasteiger partial charge in [-0.25, -0.2) is 0 Å². The van der Waals surface area contributed by atoms with E-state index in [0.717, 1.165) is 23.7 Å². The predicted molar refractivity (Wildman–Crippen MR) is 53.5 cm³/mol. The average Bonchev–Trinajstić information content (AvgIpc) is 2.94. The summed E-state index contributed by atoms with van der Waals surface area (Å²) in [5, 5.41) is 0. The summed E-state index contributed by atoms with van der Waals surface area (Å²) in [6.07, 6.45) is 6.73. The van der Waals surface area contributed by atoms with Crippen LogP contribution in [0.5, 0.6) is 0 Å². The molecular weight excluding hydrogens is 175 g/mol. The third-order valence-electron chi connectivity index (χ3n) is 5.45. The molecule has 0 nitrogen and oxygen atoms in total. The Morgan fingerprint density at radius 2 is 2.21 bits per heavy atom. The van der Waals surface area contributed by atoms with Crippen molar-refractivity contribution in [2.45, 2.75) is 32.1 Å². The third-order valence-corrected chi connectivity index (χ3v) is 5.45. The molecule has 0 spiro atoms. The van der Waals surface area contributed by atoms with Gasteiger partial charge in [0, 0.05) is 0 Å². The van der Waals surface area contributed by atoms with Crippen LogP contribution < -0.4 is 0 Å². The molecule has 5 atom stereocenters. The topological polar surface area (TPSA) is 0 Å². The highest BCUT2D eigenvalue weighted by Gasteiger charge is 2.56. The molecule has 0 aromatic heterocycles. The van der Waals surface area contributed by atoms with E-state index in [2.05, 4.69) is 0 Å². The zero-order valence-electron chi connectivity index (χ0n) is 8.51. The fraction of sp³-hybridized carbons (Fsp3) is 0.846. The Labute approximate surface area is 84.6 Å². The van der Waals surface area contributed by atoms with E-state index in [1.807, 2.05) is 11.1 Å². The van der Waals surface area contributed by atoms with Crippen molar-refractivity contribution in [1.82, 2.24) is 0 Å². The van der Waals surface area contributed by atoms with Crippen LogP contribution in [-0.4, -0.2) is 6.67 Å². The van der Waals surface area contributed by atoms with E-state index in [-0.39, 0.29) is 6.67 Å². The summed E-state index contributed by atoms with van der Waals surface area (Å²) in [5.41, 5.74) is 3.65. The van der Waals surface area contributed by atoms with Gasteiger partial charge in [0.2, 0.25) is 0 Å². The van der Waals surface area contributed by atoms with Crippen molar-refractivity contribution < 1.29 is 4.39 Å². The van der Waals surface area contributed by atoms with Crippen LogP contribution >= 0.6 is 0 Å². The highest BCUT2D eigenvalue weighted by Crippen LogP contribution is 2.65. The average molecular weight is 192 g/mol. The maximum atomic E-state index is 12.8. The molecule has 14 heavy (non-hydrogen) atoms. The minimum Gasteiger partial charge on any atom is -0.251 e. The Kier molecular flexibility index (Phi) is 1.37. The number of alkyl halides is 1. The Morgan fingerprint density at radius 1 is 1.29 bits per heavy atom. The lowest BCUT2D eigenvalue weighted by Crippen LogP contribution is -2.27. The van der Waals surface area contributed by atoms with Crippen LogP contribution in [0.4, 0.5) is 4.39 Å². The molecule has 76 valence electrons. The Bertz CT molecular complexity index is 317. The van der Waals surface area contributed by atoms with Gasteiger partial charge in [-0.15, -0.1) is 0 Å². The highest BCUT2D eigenvalue weighted by atomic mass is 19.1. The van der Waals surface area contributed by atoms with Gasteiger partial charge < -0.3 is 0 Å². The largest absolute Gasteiger partial charge is 0.251 e. The number of halogens is 1. The Hall–Kier alpha value is -0.330. The summed E-state index contributed by atoms with van der Waals surface area (Å²) in [6.45, 7) is -0.0486. The number of hydrogen-bond donors (Lipinski definition) is 0. The minimum atomic E-state index is -0.0486. The Morgan fingerprint density at radius 3 is 3.07 bits per heavy atom. The summed E-state index contributed by atoms with van der Waals surface area (Å²) < 4.78 is 12.8. The molecule has 5 unspecified atom stereocenters. The van der Waals surface area contributed by atoms with Crippen LogP contribution in [-0.2, 0) is 0 Å². The number of allylic oxidation sites excluding steroid dienone is 2. The van der Waals surface area contributed by atoms with E-state index in [1.165, 1.54) is 32.1 Å². The Balaban J connectivity index is 1.77. The summed E-state index contributed by atoms with van der Waals surface area (Å²) in [6, 6.07) is 0. The molecule has 3 fully saturated rings. The summed E-state index contributed by atoms with van der Waals surface area (Å²) in [5.74, 6) is 3.82. The highest BCUT2D eigenvalue weighted by molar-refractivity contribution is 5.37. The van der Waals surface area contributed by atoms with Crippen LogP contribution in [0.2, 0.25) is 0 Å². The first kappa shape index (κ1) is 7.90. The fourth-order valence-electron chi connectivity index (χ4n) is 5.11. The van der Waals surface area contributed by atoms with Crippen molar-refractivity contribution in [2.24, 2.45) is 29.6 Å². The van der Waals surface area contributed by atoms with E-state index < -0.39 is 0 Å². The van der Waals surface area contributed by atoms with Gasteiger partial charge in [-0.1, -0.05) is 11.1 Å². The van der Waals surface area contributed by atoms with Crippen LogP contribution in [0.25, 0.3) is 0 Å². The second-order valence-electron chi connectivity index (χ2n) is 5.83. The lowest BCUT2D eigenvalue weighted by Gasteiger charge is -2.33. The maximum absolute atomic E-state index is 12.8. The van der Waals surface area contributed by atoms with Crippen molar-refractivity contribution in [3.63, 3.8) is 0 Å². The number of hydrogen-bond acceptors (Lipinski definition) is 0. The molecule has 4 aliphatic rings. The van der Waals surface area contributed by atoms with E-state index in [4.69, 9.17) is 0 Å². The van der Waals surface area contributed by atoms with E-state index in [1.54, 1.807) is 0 Å². The molecule has 0 N–H and O–H groups in total. The molecule has 0 radical (unpaired) electrons. The molecular formula is C13H17F. The van der Waals surface area contributed by atoms with E-state index in [9.17, 15) is 4.39 Å². The summed E-state index contributed by atoms with van der Waals surface area (Å²) in [4.78, 5) is 0. The second-order valence-corrected chi connectivity index (χ2v) is 5.83. The van der Waals surface area contributed by atoms with Crippen molar-refractivity contribution in [3.8, 4) is 0 Å². The molecule has 0 saturated heterocycles. The maximum Gasteiger partial charge on any atom is 0.0925 e. The van der Waals surface area contributed by atoms with Gasteiger partial charge in [0.25, 0.3) is 0 Å². The molecule has 0 amide bonds. The second kappa shape index (κ2) is 2.43. The lowest BCUT2D eigenvalue weighted by molar-refractivity contribution is 0.193. The van der Waals surface area contributed by atoms with Crippen molar-refractivity contribution in [1.29, 1.82) is 0 Å². The monoisotopic (exact) mass is 192 g/mol. The van der Waals surface area contributed by atoms with Crippen molar-refractivity contribution in [3.05, 3.63) is 11.1 Å². The standard InChI is InChI=1S/C13H17F/c14-6-10-4-9-5-11(10)13-8-2-1-7(3-8)12(9)13/h8-11,13H,1-6H2. The van der Waals surface area contributed by atoms with Gasteiger partial charge in [0.05, 0.1) is 6.67 Å². The fourth-order valence-corrected chi connectivity index (χ4v) is 5.11. The summed E-state index contributed by atoms with van der Waals surface area (Å²) >= 11 is 0. The molecule has 3 saturated carbocycles. The third kappa shape index (κ3) is 0.730. The number of fused-ring (bicyclic) bond motifs is 8. The predicted octanol–water partition coefficient (Wildman–Crippen LogP) is 3.34. The first-order valence-electron chi connectivity index (χ1n) is 6.16. The first-order valence-corrected chi connectivity index (χ1v) is 6.16. The molecule has 4 aliphatic carbocycles. The van der Waals surface area contributed by atoms with Crippen LogP contribution in [0.1, 0.15) is 32.1 Å². The van der Waals surface area contributed by atoms with Gasteiger partial charge in [-0.05, 0) is 61.7 Å². The smallest absolute Gasteiger partial charge is 0.0925 e. The zero-order valence-corrected chi connectivity index (χ0v) is 8.51. The van der Waals surface area contributed by atoms with Crippen LogP contribution in [0.15, 0.2) is 11.1 Å². The quantitative estimate of drug-likeness (QED) is 0.559. The van der Waals surface area contributed by atoms with Gasteiger partial charge in [-0.2, -0.15) is 0 Å². The van der Waals surface area contributed by atoms with Crippen LogP contribution in [0.3, 0.4) is 0 Å². The van der Waals surface area contributed by atoms with Gasteiger partial charge in [0.1, 0.15) is 0 Å². The normalized spacial score (nSPS) is 53.4.